The van der Waals surface area contributed by atoms with Crippen molar-refractivity contribution in [3.8, 4) is 16.5 Å². The van der Waals surface area contributed by atoms with Crippen LogP contribution in [0.15, 0.2) is 41.6 Å². The van der Waals surface area contributed by atoms with Crippen LogP contribution in [0.1, 0.15) is 28.6 Å². The zero-order chi connectivity index (χ0) is 17.8. The molecule has 0 radical (unpaired) electrons. The van der Waals surface area contributed by atoms with Gasteiger partial charge in [-0.2, -0.15) is 0 Å². The van der Waals surface area contributed by atoms with E-state index in [1.165, 1.54) is 4.88 Å². The fourth-order valence-corrected chi connectivity index (χ4v) is 3.83. The number of thioether (sulfide) groups is 1. The molecule has 2 heterocycles. The molecule has 0 spiro atoms. The number of aromatic nitrogens is 3. The highest BCUT2D eigenvalue weighted by Crippen LogP contribution is 2.29. The highest BCUT2D eigenvalue weighted by molar-refractivity contribution is 8.14. The summed E-state index contributed by atoms with van der Waals surface area (Å²) in [5, 5.41) is 8.90. The Morgan fingerprint density at radius 1 is 1.20 bits per heavy atom. The summed E-state index contributed by atoms with van der Waals surface area (Å²) in [6.07, 6.45) is 0.953. The van der Waals surface area contributed by atoms with Crippen molar-refractivity contribution < 1.29 is 9.53 Å². The van der Waals surface area contributed by atoms with Gasteiger partial charge in [-0.1, -0.05) is 6.92 Å². The van der Waals surface area contributed by atoms with Crippen molar-refractivity contribution in [3.63, 3.8) is 0 Å². The van der Waals surface area contributed by atoms with Crippen molar-refractivity contribution in [2.45, 2.75) is 25.4 Å². The molecule has 0 saturated heterocycles. The molecule has 130 valence electrons. The molecule has 0 atom stereocenters. The molecular weight excluding hydrogens is 354 g/mol. The summed E-state index contributed by atoms with van der Waals surface area (Å²) in [5.41, 5.74) is 0.616. The second-order valence-corrected chi connectivity index (χ2v) is 7.77. The number of benzene rings is 1. The van der Waals surface area contributed by atoms with Gasteiger partial charge in [0.05, 0.1) is 11.5 Å². The second kappa shape index (κ2) is 7.84. The van der Waals surface area contributed by atoms with E-state index in [0.717, 1.165) is 34.6 Å². The number of nitrogens with zero attached hydrogens (tertiary/aromatic N) is 3. The van der Waals surface area contributed by atoms with E-state index in [1.807, 2.05) is 29.8 Å². The number of ether oxygens (including phenoxy) is 1. The van der Waals surface area contributed by atoms with Crippen LogP contribution in [0.4, 0.5) is 0 Å². The number of carbonyl (C=O) groups is 1. The first kappa shape index (κ1) is 17.7. The molecule has 0 amide bonds. The Morgan fingerprint density at radius 3 is 2.60 bits per heavy atom. The van der Waals surface area contributed by atoms with Gasteiger partial charge >= 0.3 is 0 Å². The standard InChI is InChI=1S/C18H19N3O2S2/c1-4-11-23-14-8-6-13(7-9-14)17(22)25-18-20-19-16(21(18)3)15-10-5-12(2)24-15/h5-10H,4,11H2,1-3H3. The van der Waals surface area contributed by atoms with E-state index in [4.69, 9.17) is 4.74 Å². The van der Waals surface area contributed by atoms with E-state index in [-0.39, 0.29) is 5.12 Å². The number of hydrogen-bond acceptors (Lipinski definition) is 6. The topological polar surface area (TPSA) is 57.0 Å². The second-order valence-electron chi connectivity index (χ2n) is 5.54. The van der Waals surface area contributed by atoms with Crippen LogP contribution < -0.4 is 4.74 Å². The molecular formula is C18H19N3O2S2. The van der Waals surface area contributed by atoms with Crippen LogP contribution in [0.25, 0.3) is 10.7 Å². The summed E-state index contributed by atoms with van der Waals surface area (Å²) in [6, 6.07) is 11.3. The van der Waals surface area contributed by atoms with Gasteiger partial charge in [0.2, 0.25) is 5.12 Å². The number of carbonyl (C=O) groups excluding carboxylic acids is 1. The van der Waals surface area contributed by atoms with Crippen LogP contribution in [0, 0.1) is 6.92 Å². The summed E-state index contributed by atoms with van der Waals surface area (Å²) in [6.45, 7) is 4.78. The number of rotatable bonds is 6. The molecule has 25 heavy (non-hydrogen) atoms. The molecule has 0 N–H and O–H groups in total. The summed E-state index contributed by atoms with van der Waals surface area (Å²) in [4.78, 5) is 14.7. The molecule has 0 saturated carbocycles. The predicted octanol–water partition coefficient (Wildman–Crippen LogP) is 4.57. The molecule has 2 aromatic heterocycles. The van der Waals surface area contributed by atoms with Gasteiger partial charge in [0.1, 0.15) is 5.75 Å². The lowest BCUT2D eigenvalue weighted by Crippen LogP contribution is -1.99. The molecule has 0 aliphatic heterocycles. The molecule has 0 aliphatic carbocycles. The molecule has 0 unspecified atom stereocenters. The first-order valence-electron chi connectivity index (χ1n) is 7.99. The maximum absolute atomic E-state index is 12.5. The largest absolute Gasteiger partial charge is 0.494 e. The number of thiophene rings is 1. The third-order valence-electron chi connectivity index (χ3n) is 3.54. The van der Waals surface area contributed by atoms with E-state index in [2.05, 4.69) is 30.1 Å². The van der Waals surface area contributed by atoms with E-state index < -0.39 is 0 Å². The fourth-order valence-electron chi connectivity index (χ4n) is 2.22. The average Bonchev–Trinajstić information content (AvgIpc) is 3.19. The molecule has 0 aliphatic rings. The van der Waals surface area contributed by atoms with Gasteiger partial charge in [-0.3, -0.25) is 4.79 Å². The maximum atomic E-state index is 12.5. The summed E-state index contributed by atoms with van der Waals surface area (Å²) >= 11 is 2.74. The van der Waals surface area contributed by atoms with Gasteiger partial charge in [0.15, 0.2) is 11.0 Å². The normalized spacial score (nSPS) is 10.8. The molecule has 1 aromatic carbocycles. The van der Waals surface area contributed by atoms with Crippen LogP contribution in [0.3, 0.4) is 0 Å². The van der Waals surface area contributed by atoms with Crippen LogP contribution in [-0.2, 0) is 7.05 Å². The van der Waals surface area contributed by atoms with Crippen LogP contribution in [0.2, 0.25) is 0 Å². The highest BCUT2D eigenvalue weighted by atomic mass is 32.2. The van der Waals surface area contributed by atoms with E-state index >= 15 is 0 Å². The third-order valence-corrected chi connectivity index (χ3v) is 5.50. The van der Waals surface area contributed by atoms with Crippen molar-refractivity contribution >= 4 is 28.2 Å². The van der Waals surface area contributed by atoms with Gasteiger partial charge in [-0.25, -0.2) is 0 Å². The summed E-state index contributed by atoms with van der Waals surface area (Å²) in [5.74, 6) is 1.55. The molecule has 5 nitrogen and oxygen atoms in total. The van der Waals surface area contributed by atoms with E-state index in [1.54, 1.807) is 23.5 Å². The Hall–Kier alpha value is -2.12. The molecule has 0 fully saturated rings. The predicted molar refractivity (Wildman–Crippen MR) is 101 cm³/mol. The summed E-state index contributed by atoms with van der Waals surface area (Å²) in [7, 11) is 1.88. The number of aryl methyl sites for hydroxylation is 1. The highest BCUT2D eigenvalue weighted by Gasteiger charge is 2.17. The van der Waals surface area contributed by atoms with E-state index in [0.29, 0.717) is 17.3 Å². The van der Waals surface area contributed by atoms with Gasteiger partial charge < -0.3 is 9.30 Å². The Labute approximate surface area is 155 Å². The average molecular weight is 374 g/mol. The lowest BCUT2D eigenvalue weighted by Gasteiger charge is -2.05. The monoisotopic (exact) mass is 373 g/mol. The summed E-state index contributed by atoms with van der Waals surface area (Å²) < 4.78 is 7.39. The van der Waals surface area contributed by atoms with Crippen LogP contribution >= 0.6 is 23.1 Å². The molecule has 0 bridgehead atoms. The van der Waals surface area contributed by atoms with Crippen molar-refractivity contribution in [3.05, 3.63) is 46.8 Å². The lowest BCUT2D eigenvalue weighted by molar-refractivity contribution is 0.108. The van der Waals surface area contributed by atoms with Crippen molar-refractivity contribution in [1.82, 2.24) is 14.8 Å². The van der Waals surface area contributed by atoms with Crippen LogP contribution in [-0.4, -0.2) is 26.5 Å². The van der Waals surface area contributed by atoms with Gasteiger partial charge in [-0.05, 0) is 61.5 Å². The zero-order valence-electron chi connectivity index (χ0n) is 14.4. The van der Waals surface area contributed by atoms with Crippen molar-refractivity contribution in [2.24, 2.45) is 7.05 Å². The Balaban J connectivity index is 1.72. The molecule has 3 rings (SSSR count). The minimum atomic E-state index is -0.0635. The van der Waals surface area contributed by atoms with E-state index in [9.17, 15) is 4.79 Å². The quantitative estimate of drug-likeness (QED) is 0.592. The SMILES string of the molecule is CCCOc1ccc(C(=O)Sc2nnc(-c3ccc(C)s3)n2C)cc1. The zero-order valence-corrected chi connectivity index (χ0v) is 16.0. The smallest absolute Gasteiger partial charge is 0.227 e. The van der Waals surface area contributed by atoms with Gasteiger partial charge in [0, 0.05) is 17.5 Å². The van der Waals surface area contributed by atoms with Gasteiger partial charge in [-0.15, -0.1) is 21.5 Å². The maximum Gasteiger partial charge on any atom is 0.227 e. The third kappa shape index (κ3) is 4.11. The van der Waals surface area contributed by atoms with Crippen LogP contribution in [0.5, 0.6) is 5.75 Å². The Bertz CT molecular complexity index is 869. The molecule has 7 heteroatoms. The number of hydrogen-bond donors (Lipinski definition) is 0. The van der Waals surface area contributed by atoms with Crippen molar-refractivity contribution in [1.29, 1.82) is 0 Å². The van der Waals surface area contributed by atoms with Gasteiger partial charge in [0.25, 0.3) is 0 Å². The Kier molecular flexibility index (Phi) is 5.55. The first-order chi connectivity index (χ1) is 12.1. The Morgan fingerprint density at radius 2 is 1.96 bits per heavy atom. The van der Waals surface area contributed by atoms with Crippen molar-refractivity contribution in [2.75, 3.05) is 6.61 Å². The minimum Gasteiger partial charge on any atom is -0.494 e. The lowest BCUT2D eigenvalue weighted by atomic mass is 10.2. The minimum absolute atomic E-state index is 0.0635. The molecule has 3 aromatic rings. The fraction of sp³-hybridized carbons (Fsp3) is 0.278. The first-order valence-corrected chi connectivity index (χ1v) is 9.63.